The van der Waals surface area contributed by atoms with E-state index in [9.17, 15) is 0 Å². The van der Waals surface area contributed by atoms with E-state index in [4.69, 9.17) is 9.47 Å². The molecule has 0 fully saturated rings. The maximum absolute atomic E-state index is 5.08. The molecule has 4 nitrogen and oxygen atoms in total. The average molecular weight is 373 g/mol. The molecule has 1 aromatic rings. The Labute approximate surface area is 165 Å². The minimum Gasteiger partial charge on any atom is -0.454 e. The molecule has 0 bridgehead atoms. The van der Waals surface area contributed by atoms with Gasteiger partial charge in [0.1, 0.15) is 0 Å². The summed E-state index contributed by atoms with van der Waals surface area (Å²) < 4.78 is 10.2. The first-order valence-electron chi connectivity index (χ1n) is 9.93. The van der Waals surface area contributed by atoms with Crippen LogP contribution in [-0.2, 0) is 0 Å². The first kappa shape index (κ1) is 22.8. The van der Waals surface area contributed by atoms with Gasteiger partial charge in [-0.25, -0.2) is 0 Å². The van der Waals surface area contributed by atoms with Crippen molar-refractivity contribution in [3.63, 3.8) is 0 Å². The minimum atomic E-state index is 0.360. The summed E-state index contributed by atoms with van der Waals surface area (Å²) in [5.41, 5.74) is 2.86. The first-order chi connectivity index (χ1) is 13.2. The van der Waals surface area contributed by atoms with Gasteiger partial charge in [-0.1, -0.05) is 51.1 Å². The van der Waals surface area contributed by atoms with Crippen molar-refractivity contribution in [3.05, 3.63) is 60.3 Å². The lowest BCUT2D eigenvalue weighted by Crippen LogP contribution is -2.38. The van der Waals surface area contributed by atoms with Crippen molar-refractivity contribution in [2.75, 3.05) is 19.9 Å². The van der Waals surface area contributed by atoms with E-state index in [-0.39, 0.29) is 0 Å². The molecule has 2 N–H and O–H groups in total. The van der Waals surface area contributed by atoms with E-state index in [1.807, 2.05) is 44.2 Å². The quantitative estimate of drug-likeness (QED) is 0.710. The summed E-state index contributed by atoms with van der Waals surface area (Å²) in [7, 11) is 0. The predicted octanol–water partition coefficient (Wildman–Crippen LogP) is 5.05. The number of para-hydroxylation sites is 2. The largest absolute Gasteiger partial charge is 0.454 e. The molecule has 0 saturated heterocycles. The second-order valence-electron chi connectivity index (χ2n) is 6.34. The maximum Gasteiger partial charge on any atom is 0.231 e. The molecule has 27 heavy (non-hydrogen) atoms. The molecule has 2 atom stereocenters. The number of nitrogens with one attached hydrogen (secondary N) is 2. The third-order valence-electron chi connectivity index (χ3n) is 4.26. The minimum absolute atomic E-state index is 0.360. The van der Waals surface area contributed by atoms with Crippen LogP contribution < -0.4 is 20.1 Å². The van der Waals surface area contributed by atoms with Gasteiger partial charge in [0, 0.05) is 24.8 Å². The van der Waals surface area contributed by atoms with E-state index in [2.05, 4.69) is 50.1 Å². The Bertz CT molecular complexity index is 600. The van der Waals surface area contributed by atoms with Gasteiger partial charge in [-0.15, -0.1) is 6.58 Å². The molecular formula is C23H36N2O2. The molecule has 2 heterocycles. The monoisotopic (exact) mass is 372 g/mol. The van der Waals surface area contributed by atoms with Crippen LogP contribution in [0, 0.1) is 5.92 Å². The van der Waals surface area contributed by atoms with E-state index in [0.717, 1.165) is 31.0 Å². The lowest BCUT2D eigenvalue weighted by atomic mass is 9.92. The van der Waals surface area contributed by atoms with Gasteiger partial charge in [0.05, 0.1) is 0 Å². The molecule has 1 unspecified atom stereocenters. The average Bonchev–Trinajstić information content (AvgIpc) is 3.16. The van der Waals surface area contributed by atoms with E-state index in [1.54, 1.807) is 0 Å². The zero-order valence-corrected chi connectivity index (χ0v) is 17.5. The highest BCUT2D eigenvalue weighted by molar-refractivity contribution is 5.40. The number of fused-ring (bicyclic) bond motifs is 1. The number of allylic oxidation sites excluding steroid dienone is 2. The van der Waals surface area contributed by atoms with Crippen molar-refractivity contribution >= 4 is 0 Å². The summed E-state index contributed by atoms with van der Waals surface area (Å²) in [5, 5.41) is 7.01. The number of rotatable bonds is 5. The Morgan fingerprint density at radius 1 is 1.26 bits per heavy atom. The maximum atomic E-state index is 5.08. The fourth-order valence-corrected chi connectivity index (χ4v) is 3.03. The summed E-state index contributed by atoms with van der Waals surface area (Å²) >= 11 is 0. The Kier molecular flexibility index (Phi) is 11.0. The van der Waals surface area contributed by atoms with Gasteiger partial charge < -0.3 is 20.1 Å². The standard InChI is InChI=1S/C14H24N2.C7H6O2.C2H6/c1-5-7-12(4)16-14-10-15-9-11(3)13(14)8-6-2;1-2-4-7-6(3-1)8-5-9-7;1-2/h5-7,11-12,15-16H,2,8-10H2,1,3-4H3;1-4H,5H2;1-2H3/b7-5-;;/t11-,12?;;/m0../s1. The van der Waals surface area contributed by atoms with Crippen molar-refractivity contribution in [2.45, 2.75) is 47.1 Å². The highest BCUT2D eigenvalue weighted by Gasteiger charge is 2.18. The van der Waals surface area contributed by atoms with Gasteiger partial charge in [0.15, 0.2) is 11.5 Å². The van der Waals surface area contributed by atoms with Gasteiger partial charge in [0.2, 0.25) is 6.79 Å². The van der Waals surface area contributed by atoms with Crippen LogP contribution in [0.5, 0.6) is 11.5 Å². The van der Waals surface area contributed by atoms with Crippen LogP contribution >= 0.6 is 0 Å². The molecule has 150 valence electrons. The van der Waals surface area contributed by atoms with Crippen LogP contribution in [0.25, 0.3) is 0 Å². The Balaban J connectivity index is 0.000000277. The molecule has 0 spiro atoms. The molecular weight excluding hydrogens is 336 g/mol. The van der Waals surface area contributed by atoms with Gasteiger partial charge in [-0.3, -0.25) is 0 Å². The van der Waals surface area contributed by atoms with Crippen molar-refractivity contribution in [1.82, 2.24) is 10.6 Å². The summed E-state index contributed by atoms with van der Waals surface area (Å²) in [6, 6.07) is 8.03. The van der Waals surface area contributed by atoms with Crippen LogP contribution in [0.2, 0.25) is 0 Å². The first-order valence-corrected chi connectivity index (χ1v) is 9.93. The van der Waals surface area contributed by atoms with Crippen molar-refractivity contribution in [2.24, 2.45) is 5.92 Å². The number of ether oxygens (including phenoxy) is 2. The van der Waals surface area contributed by atoms with E-state index >= 15 is 0 Å². The van der Waals surface area contributed by atoms with Gasteiger partial charge in [-0.2, -0.15) is 0 Å². The third kappa shape index (κ3) is 7.51. The Morgan fingerprint density at radius 2 is 1.89 bits per heavy atom. The molecule has 0 radical (unpaired) electrons. The summed E-state index contributed by atoms with van der Waals surface area (Å²) in [5.74, 6) is 2.29. The van der Waals surface area contributed by atoms with E-state index in [0.29, 0.717) is 18.8 Å². The molecule has 2 aliphatic rings. The molecule has 2 aliphatic heterocycles. The van der Waals surface area contributed by atoms with Gasteiger partial charge in [0.25, 0.3) is 0 Å². The van der Waals surface area contributed by atoms with Crippen molar-refractivity contribution in [3.8, 4) is 11.5 Å². The Morgan fingerprint density at radius 3 is 2.44 bits per heavy atom. The number of benzene rings is 1. The lowest BCUT2D eigenvalue weighted by Gasteiger charge is -2.28. The summed E-state index contributed by atoms with van der Waals surface area (Å²) in [4.78, 5) is 0. The molecule has 0 aliphatic carbocycles. The van der Waals surface area contributed by atoms with E-state index < -0.39 is 0 Å². The van der Waals surface area contributed by atoms with E-state index in [1.165, 1.54) is 11.3 Å². The van der Waals surface area contributed by atoms with Gasteiger partial charge in [-0.05, 0) is 43.9 Å². The Hall–Kier alpha value is -2.20. The van der Waals surface area contributed by atoms with Gasteiger partial charge >= 0.3 is 0 Å². The second kappa shape index (κ2) is 13.0. The number of hydrogen-bond acceptors (Lipinski definition) is 4. The molecule has 4 heteroatoms. The zero-order valence-electron chi connectivity index (χ0n) is 17.5. The fraction of sp³-hybridized carbons (Fsp3) is 0.478. The third-order valence-corrected chi connectivity index (χ3v) is 4.26. The fourth-order valence-electron chi connectivity index (χ4n) is 3.03. The van der Waals surface area contributed by atoms with Crippen LogP contribution in [0.4, 0.5) is 0 Å². The molecule has 0 aromatic heterocycles. The van der Waals surface area contributed by atoms with Crippen molar-refractivity contribution in [1.29, 1.82) is 0 Å². The lowest BCUT2D eigenvalue weighted by molar-refractivity contribution is 0.174. The zero-order chi connectivity index (χ0) is 20.1. The highest BCUT2D eigenvalue weighted by atomic mass is 16.7. The SMILES string of the molecule is C=CCC1=C(NC(C)/C=C\C)CNC[C@@H]1C.CC.c1ccc2c(c1)OCO2. The molecule has 0 saturated carbocycles. The predicted molar refractivity (Wildman–Crippen MR) is 115 cm³/mol. The molecule has 3 rings (SSSR count). The highest BCUT2D eigenvalue weighted by Crippen LogP contribution is 2.30. The molecule has 1 aromatic carbocycles. The topological polar surface area (TPSA) is 42.5 Å². The second-order valence-corrected chi connectivity index (χ2v) is 6.34. The normalized spacial score (nSPS) is 18.8. The van der Waals surface area contributed by atoms with Crippen LogP contribution in [0.15, 0.2) is 60.3 Å². The van der Waals surface area contributed by atoms with Crippen LogP contribution in [0.3, 0.4) is 0 Å². The smallest absolute Gasteiger partial charge is 0.231 e. The van der Waals surface area contributed by atoms with Crippen LogP contribution in [0.1, 0.15) is 41.0 Å². The van der Waals surface area contributed by atoms with Crippen molar-refractivity contribution < 1.29 is 9.47 Å². The summed E-state index contributed by atoms with van der Waals surface area (Å²) in [6.45, 7) is 16.7. The summed E-state index contributed by atoms with van der Waals surface area (Å²) in [6.07, 6.45) is 7.26. The molecule has 0 amide bonds. The number of hydrogen-bond donors (Lipinski definition) is 2. The van der Waals surface area contributed by atoms with Crippen LogP contribution in [-0.4, -0.2) is 25.9 Å².